The Morgan fingerprint density at radius 2 is 2.31 bits per heavy atom. The third-order valence-corrected chi connectivity index (χ3v) is 2.61. The molecule has 0 spiro atoms. The largest absolute Gasteiger partial charge is 0.496 e. The van der Waals surface area contributed by atoms with Gasteiger partial charge in [-0.2, -0.15) is 0 Å². The minimum Gasteiger partial charge on any atom is -0.496 e. The number of benzene rings is 1. The molecule has 0 amide bonds. The molecule has 0 aliphatic heterocycles. The average molecular weight is 244 g/mol. The maximum atomic E-state index is 10.6. The van der Waals surface area contributed by atoms with E-state index < -0.39 is 12.0 Å². The predicted octanol–water partition coefficient (Wildman–Crippen LogP) is 1.91. The van der Waals surface area contributed by atoms with E-state index in [9.17, 15) is 4.79 Å². The first kappa shape index (κ1) is 12.8. The number of carboxylic acid groups (broad SMARTS) is 1. The molecular formula is C11H14ClNO3. The molecule has 0 aromatic heterocycles. The van der Waals surface area contributed by atoms with Crippen molar-refractivity contribution in [2.24, 2.45) is 0 Å². The van der Waals surface area contributed by atoms with Crippen molar-refractivity contribution >= 4 is 17.6 Å². The Balaban J connectivity index is 2.76. The second-order valence-electron chi connectivity index (χ2n) is 3.36. The van der Waals surface area contributed by atoms with E-state index in [2.05, 4.69) is 5.32 Å². The van der Waals surface area contributed by atoms with E-state index in [-0.39, 0.29) is 0 Å². The maximum Gasteiger partial charge on any atom is 0.320 e. The fourth-order valence-corrected chi connectivity index (χ4v) is 1.48. The first-order valence-corrected chi connectivity index (χ1v) is 5.21. The SMILES string of the molecule is COc1cccc(Cl)c1CNC(C)C(=O)O. The van der Waals surface area contributed by atoms with E-state index in [4.69, 9.17) is 21.4 Å². The van der Waals surface area contributed by atoms with E-state index in [1.807, 2.05) is 0 Å². The molecule has 0 aliphatic carbocycles. The molecule has 1 aromatic rings. The maximum absolute atomic E-state index is 10.6. The van der Waals surface area contributed by atoms with Gasteiger partial charge in [-0.3, -0.25) is 4.79 Å². The molecule has 5 heteroatoms. The molecule has 88 valence electrons. The first-order valence-electron chi connectivity index (χ1n) is 4.83. The Morgan fingerprint density at radius 1 is 1.62 bits per heavy atom. The smallest absolute Gasteiger partial charge is 0.320 e. The van der Waals surface area contributed by atoms with Crippen LogP contribution in [-0.2, 0) is 11.3 Å². The van der Waals surface area contributed by atoms with Gasteiger partial charge in [0.15, 0.2) is 0 Å². The minimum absolute atomic E-state index is 0.357. The number of aliphatic carboxylic acids is 1. The summed E-state index contributed by atoms with van der Waals surface area (Å²) in [7, 11) is 1.55. The standard InChI is InChI=1S/C11H14ClNO3/c1-7(11(14)15)13-6-8-9(12)4-3-5-10(8)16-2/h3-5,7,13H,6H2,1-2H3,(H,14,15). The van der Waals surface area contributed by atoms with E-state index in [0.717, 1.165) is 5.56 Å². The fourth-order valence-electron chi connectivity index (χ4n) is 1.24. The molecule has 0 saturated heterocycles. The van der Waals surface area contributed by atoms with Gasteiger partial charge in [0.1, 0.15) is 11.8 Å². The van der Waals surface area contributed by atoms with Crippen LogP contribution in [0.3, 0.4) is 0 Å². The molecule has 0 saturated carbocycles. The van der Waals surface area contributed by atoms with Crippen LogP contribution in [0.1, 0.15) is 12.5 Å². The quantitative estimate of drug-likeness (QED) is 0.830. The highest BCUT2D eigenvalue weighted by Gasteiger charge is 2.12. The summed E-state index contributed by atoms with van der Waals surface area (Å²) >= 11 is 6.00. The van der Waals surface area contributed by atoms with E-state index in [0.29, 0.717) is 17.3 Å². The Kier molecular flexibility index (Phi) is 4.58. The lowest BCUT2D eigenvalue weighted by molar-refractivity contribution is -0.139. The van der Waals surface area contributed by atoms with Gasteiger partial charge >= 0.3 is 5.97 Å². The van der Waals surface area contributed by atoms with Crippen molar-refractivity contribution in [2.45, 2.75) is 19.5 Å². The Bertz CT molecular complexity index is 381. The van der Waals surface area contributed by atoms with Crippen LogP contribution in [0, 0.1) is 0 Å². The molecule has 16 heavy (non-hydrogen) atoms. The van der Waals surface area contributed by atoms with Gasteiger partial charge in [-0.1, -0.05) is 17.7 Å². The summed E-state index contributed by atoms with van der Waals surface area (Å²) in [6, 6.07) is 4.69. The topological polar surface area (TPSA) is 58.6 Å². The predicted molar refractivity (Wildman–Crippen MR) is 61.9 cm³/mol. The highest BCUT2D eigenvalue weighted by molar-refractivity contribution is 6.31. The number of carboxylic acids is 1. The van der Waals surface area contributed by atoms with Crippen LogP contribution in [0.5, 0.6) is 5.75 Å². The number of nitrogens with one attached hydrogen (secondary N) is 1. The van der Waals surface area contributed by atoms with Crippen molar-refractivity contribution in [1.82, 2.24) is 5.32 Å². The molecular weight excluding hydrogens is 230 g/mol. The zero-order valence-corrected chi connectivity index (χ0v) is 9.91. The molecule has 4 nitrogen and oxygen atoms in total. The lowest BCUT2D eigenvalue weighted by Crippen LogP contribution is -2.33. The summed E-state index contributed by atoms with van der Waals surface area (Å²) in [6.07, 6.45) is 0. The molecule has 1 unspecified atom stereocenters. The highest BCUT2D eigenvalue weighted by atomic mass is 35.5. The molecule has 0 fully saturated rings. The summed E-state index contributed by atoms with van der Waals surface area (Å²) in [6.45, 7) is 1.93. The van der Waals surface area contributed by atoms with Gasteiger partial charge in [-0.25, -0.2) is 0 Å². The number of ether oxygens (including phenoxy) is 1. The van der Waals surface area contributed by atoms with Crippen LogP contribution >= 0.6 is 11.6 Å². The molecule has 2 N–H and O–H groups in total. The van der Waals surface area contributed by atoms with Crippen molar-refractivity contribution in [2.75, 3.05) is 7.11 Å². The van der Waals surface area contributed by atoms with Crippen LogP contribution in [-0.4, -0.2) is 24.2 Å². The number of rotatable bonds is 5. The molecule has 1 rings (SSSR count). The number of hydrogen-bond donors (Lipinski definition) is 2. The highest BCUT2D eigenvalue weighted by Crippen LogP contribution is 2.25. The average Bonchev–Trinajstić information content (AvgIpc) is 2.26. The minimum atomic E-state index is -0.897. The fraction of sp³-hybridized carbons (Fsp3) is 0.364. The van der Waals surface area contributed by atoms with Crippen molar-refractivity contribution in [3.05, 3.63) is 28.8 Å². The van der Waals surface area contributed by atoms with Crippen molar-refractivity contribution in [3.63, 3.8) is 0 Å². The Hall–Kier alpha value is -1.26. The van der Waals surface area contributed by atoms with E-state index in [1.165, 1.54) is 0 Å². The monoisotopic (exact) mass is 243 g/mol. The van der Waals surface area contributed by atoms with Gasteiger partial charge < -0.3 is 15.2 Å². The molecule has 0 heterocycles. The number of carbonyl (C=O) groups is 1. The van der Waals surface area contributed by atoms with Crippen LogP contribution in [0.4, 0.5) is 0 Å². The zero-order valence-electron chi connectivity index (χ0n) is 9.16. The van der Waals surface area contributed by atoms with E-state index in [1.54, 1.807) is 32.2 Å². The number of halogens is 1. The lowest BCUT2D eigenvalue weighted by Gasteiger charge is -2.13. The van der Waals surface area contributed by atoms with Crippen LogP contribution in [0.2, 0.25) is 5.02 Å². The van der Waals surface area contributed by atoms with Gasteiger partial charge in [0.2, 0.25) is 0 Å². The molecule has 0 bridgehead atoms. The summed E-state index contributed by atoms with van der Waals surface area (Å²) in [5, 5.41) is 12.1. The van der Waals surface area contributed by atoms with Crippen LogP contribution < -0.4 is 10.1 Å². The lowest BCUT2D eigenvalue weighted by atomic mass is 10.2. The van der Waals surface area contributed by atoms with Gasteiger partial charge in [-0.15, -0.1) is 0 Å². The summed E-state index contributed by atoms with van der Waals surface area (Å²) < 4.78 is 5.15. The normalized spacial score (nSPS) is 12.2. The zero-order chi connectivity index (χ0) is 12.1. The van der Waals surface area contributed by atoms with Gasteiger partial charge in [0, 0.05) is 17.1 Å². The van der Waals surface area contributed by atoms with Gasteiger partial charge in [0.25, 0.3) is 0 Å². The van der Waals surface area contributed by atoms with Crippen LogP contribution in [0.15, 0.2) is 18.2 Å². The molecule has 0 radical (unpaired) electrons. The van der Waals surface area contributed by atoms with E-state index >= 15 is 0 Å². The summed E-state index contributed by atoms with van der Waals surface area (Å²) in [5.41, 5.74) is 0.764. The number of methoxy groups -OCH3 is 1. The Morgan fingerprint density at radius 3 is 2.88 bits per heavy atom. The molecule has 1 aromatic carbocycles. The molecule has 0 aliphatic rings. The second kappa shape index (κ2) is 5.72. The second-order valence-corrected chi connectivity index (χ2v) is 3.77. The van der Waals surface area contributed by atoms with Crippen molar-refractivity contribution in [1.29, 1.82) is 0 Å². The summed E-state index contributed by atoms with van der Waals surface area (Å²) in [4.78, 5) is 10.6. The van der Waals surface area contributed by atoms with Gasteiger partial charge in [0.05, 0.1) is 7.11 Å². The Labute approximate surface area is 99.2 Å². The first-order chi connectivity index (χ1) is 7.56. The number of hydrogen-bond acceptors (Lipinski definition) is 3. The van der Waals surface area contributed by atoms with Crippen molar-refractivity contribution in [3.8, 4) is 5.75 Å². The van der Waals surface area contributed by atoms with Gasteiger partial charge in [-0.05, 0) is 19.1 Å². The summed E-state index contributed by atoms with van der Waals surface area (Å²) in [5.74, 6) is -0.247. The third kappa shape index (κ3) is 3.12. The van der Waals surface area contributed by atoms with Crippen molar-refractivity contribution < 1.29 is 14.6 Å². The third-order valence-electron chi connectivity index (χ3n) is 2.25. The van der Waals surface area contributed by atoms with Crippen LogP contribution in [0.25, 0.3) is 0 Å². The molecule has 1 atom stereocenters.